The second-order valence-corrected chi connectivity index (χ2v) is 12.7. The highest BCUT2D eigenvalue weighted by atomic mass is 35.5. The number of carbonyl (C=O) groups is 2. The molecule has 0 aliphatic heterocycles. The van der Waals surface area contributed by atoms with E-state index < -0.39 is 34.3 Å². The molecule has 1 aliphatic carbocycles. The van der Waals surface area contributed by atoms with Gasteiger partial charge in [-0.2, -0.15) is 0 Å². The van der Waals surface area contributed by atoms with Crippen molar-refractivity contribution in [2.75, 3.05) is 10.8 Å². The average molecular weight is 621 g/mol. The molecule has 4 rings (SSSR count). The number of nitrogens with one attached hydrogen (secondary N) is 1. The molecule has 0 unspecified atom stereocenters. The van der Waals surface area contributed by atoms with Crippen LogP contribution in [0.1, 0.15) is 44.6 Å². The largest absolute Gasteiger partial charge is 0.352 e. The van der Waals surface area contributed by atoms with Crippen LogP contribution >= 0.6 is 23.2 Å². The summed E-state index contributed by atoms with van der Waals surface area (Å²) in [4.78, 5) is 28.9. The van der Waals surface area contributed by atoms with Crippen LogP contribution in [0, 0.1) is 5.82 Å². The van der Waals surface area contributed by atoms with E-state index in [0.29, 0.717) is 15.6 Å². The van der Waals surface area contributed by atoms with E-state index in [1.807, 2.05) is 0 Å². The molecule has 1 fully saturated rings. The summed E-state index contributed by atoms with van der Waals surface area (Å²) in [7, 11) is -4.23. The van der Waals surface area contributed by atoms with Gasteiger partial charge in [-0.05, 0) is 73.4 Å². The van der Waals surface area contributed by atoms with Crippen molar-refractivity contribution in [3.05, 3.63) is 94.2 Å². The van der Waals surface area contributed by atoms with Crippen molar-refractivity contribution in [3.8, 4) is 0 Å². The van der Waals surface area contributed by atoms with Crippen LogP contribution in [0.4, 0.5) is 10.1 Å². The number of sulfonamides is 1. The van der Waals surface area contributed by atoms with Gasteiger partial charge in [0.05, 0.1) is 10.6 Å². The quantitative estimate of drug-likeness (QED) is 0.277. The Balaban J connectivity index is 1.72. The van der Waals surface area contributed by atoms with E-state index >= 15 is 0 Å². The van der Waals surface area contributed by atoms with Gasteiger partial charge >= 0.3 is 0 Å². The highest BCUT2D eigenvalue weighted by Crippen LogP contribution is 2.27. The van der Waals surface area contributed by atoms with Gasteiger partial charge in [-0.1, -0.05) is 67.2 Å². The number of amides is 2. The van der Waals surface area contributed by atoms with Crippen molar-refractivity contribution >= 4 is 50.7 Å². The number of nitrogens with zero attached hydrogens (tertiary/aromatic N) is 2. The van der Waals surface area contributed by atoms with Crippen LogP contribution in [0.25, 0.3) is 0 Å². The monoisotopic (exact) mass is 619 g/mol. The van der Waals surface area contributed by atoms with Crippen molar-refractivity contribution < 1.29 is 22.4 Å². The summed E-state index contributed by atoms with van der Waals surface area (Å²) in [5.41, 5.74) is 0.660. The molecule has 11 heteroatoms. The Morgan fingerprint density at radius 1 is 1.00 bits per heavy atom. The average Bonchev–Trinajstić information content (AvgIpc) is 3.46. The molecule has 1 N–H and O–H groups in total. The lowest BCUT2D eigenvalue weighted by atomic mass is 10.1. The third-order valence-corrected chi connectivity index (χ3v) is 9.54. The van der Waals surface area contributed by atoms with E-state index in [4.69, 9.17) is 23.2 Å². The number of hydrogen-bond acceptors (Lipinski definition) is 4. The fourth-order valence-electron chi connectivity index (χ4n) is 4.98. The Morgan fingerprint density at radius 3 is 2.27 bits per heavy atom. The first-order valence-corrected chi connectivity index (χ1v) is 15.7. The molecule has 3 aromatic rings. The lowest BCUT2D eigenvalue weighted by Gasteiger charge is -2.34. The first-order valence-electron chi connectivity index (χ1n) is 13.5. The van der Waals surface area contributed by atoms with Crippen LogP contribution in [0.5, 0.6) is 0 Å². The van der Waals surface area contributed by atoms with E-state index in [1.54, 1.807) is 43.3 Å². The Kier molecular flexibility index (Phi) is 10.3. The van der Waals surface area contributed by atoms with Crippen LogP contribution in [0.2, 0.25) is 10.0 Å². The first kappa shape index (κ1) is 30.8. The zero-order valence-electron chi connectivity index (χ0n) is 22.6. The number of carbonyl (C=O) groups excluding carboxylic acids is 2. The van der Waals surface area contributed by atoms with E-state index in [-0.39, 0.29) is 35.5 Å². The van der Waals surface area contributed by atoms with Gasteiger partial charge in [0.2, 0.25) is 11.8 Å². The molecule has 0 heterocycles. The van der Waals surface area contributed by atoms with Crippen molar-refractivity contribution in [3.63, 3.8) is 0 Å². The molecule has 3 aromatic carbocycles. The van der Waals surface area contributed by atoms with Gasteiger partial charge in [-0.25, -0.2) is 12.8 Å². The second-order valence-electron chi connectivity index (χ2n) is 9.97. The highest BCUT2D eigenvalue weighted by molar-refractivity contribution is 7.92. The molecule has 0 saturated heterocycles. The topological polar surface area (TPSA) is 86.8 Å². The van der Waals surface area contributed by atoms with Gasteiger partial charge in [0, 0.05) is 22.6 Å². The lowest BCUT2D eigenvalue weighted by molar-refractivity contribution is -0.140. The van der Waals surface area contributed by atoms with Crippen molar-refractivity contribution in [2.24, 2.45) is 0 Å². The standard InChI is InChI=1S/C30H32Cl2FN3O4S/c1-2-28(30(38)34-24-8-6-7-9-24)35(19-21-12-13-22(31)18-27(21)32)29(37)20-36(25-16-14-23(33)15-17-25)41(39,40)26-10-4-3-5-11-26/h3-5,10-18,24,28H,2,6-9,19-20H2,1H3,(H,34,38)/t28-/m0/s1. The molecule has 1 atom stereocenters. The molecule has 1 aliphatic rings. The fraction of sp³-hybridized carbons (Fsp3) is 0.333. The summed E-state index contributed by atoms with van der Waals surface area (Å²) in [5.74, 6) is -1.48. The molecule has 0 aromatic heterocycles. The minimum atomic E-state index is -4.23. The minimum absolute atomic E-state index is 0.0294. The molecule has 7 nitrogen and oxygen atoms in total. The maximum Gasteiger partial charge on any atom is 0.264 e. The lowest BCUT2D eigenvalue weighted by Crippen LogP contribution is -2.53. The Hall–Kier alpha value is -3.14. The number of halogens is 3. The molecule has 1 saturated carbocycles. The predicted molar refractivity (Wildman–Crippen MR) is 159 cm³/mol. The van der Waals surface area contributed by atoms with Gasteiger partial charge < -0.3 is 10.2 Å². The zero-order valence-corrected chi connectivity index (χ0v) is 24.9. The van der Waals surface area contributed by atoms with Gasteiger partial charge in [0.25, 0.3) is 10.0 Å². The Bertz CT molecular complexity index is 1470. The first-order chi connectivity index (χ1) is 19.6. The summed E-state index contributed by atoms with van der Waals surface area (Å²) in [6, 6.07) is 16.5. The van der Waals surface area contributed by atoms with E-state index in [1.165, 1.54) is 29.2 Å². The molecule has 0 radical (unpaired) electrons. The van der Waals surface area contributed by atoms with Crippen LogP contribution in [0.15, 0.2) is 77.7 Å². The maximum absolute atomic E-state index is 14.1. The third-order valence-electron chi connectivity index (χ3n) is 7.17. The minimum Gasteiger partial charge on any atom is -0.352 e. The summed E-state index contributed by atoms with van der Waals surface area (Å²) in [6.45, 7) is 1.12. The molecular weight excluding hydrogens is 588 g/mol. The predicted octanol–water partition coefficient (Wildman–Crippen LogP) is 6.19. The molecule has 41 heavy (non-hydrogen) atoms. The number of anilines is 1. The third kappa shape index (κ3) is 7.58. The van der Waals surface area contributed by atoms with Crippen molar-refractivity contribution in [2.45, 2.75) is 62.6 Å². The van der Waals surface area contributed by atoms with Crippen molar-refractivity contribution in [1.29, 1.82) is 0 Å². The van der Waals surface area contributed by atoms with E-state index in [2.05, 4.69) is 5.32 Å². The van der Waals surface area contributed by atoms with Crippen LogP contribution in [-0.4, -0.2) is 43.8 Å². The van der Waals surface area contributed by atoms with Crippen molar-refractivity contribution in [1.82, 2.24) is 10.2 Å². The maximum atomic E-state index is 14.1. The van der Waals surface area contributed by atoms with E-state index in [9.17, 15) is 22.4 Å². The Labute approximate surface area is 250 Å². The summed E-state index contributed by atoms with van der Waals surface area (Å²) >= 11 is 12.5. The summed E-state index contributed by atoms with van der Waals surface area (Å²) < 4.78 is 42.3. The normalized spacial score (nSPS) is 14.4. The zero-order chi connectivity index (χ0) is 29.6. The fourth-order valence-corrected chi connectivity index (χ4v) is 6.88. The van der Waals surface area contributed by atoms with E-state index in [0.717, 1.165) is 42.1 Å². The van der Waals surface area contributed by atoms with Crippen LogP contribution < -0.4 is 9.62 Å². The van der Waals surface area contributed by atoms with Gasteiger partial charge in [0.15, 0.2) is 0 Å². The highest BCUT2D eigenvalue weighted by Gasteiger charge is 2.34. The number of rotatable bonds is 11. The second kappa shape index (κ2) is 13.7. The molecule has 0 bridgehead atoms. The van der Waals surface area contributed by atoms with Gasteiger partial charge in [-0.3, -0.25) is 13.9 Å². The smallest absolute Gasteiger partial charge is 0.264 e. The van der Waals surface area contributed by atoms with Crippen LogP contribution in [0.3, 0.4) is 0 Å². The number of hydrogen-bond donors (Lipinski definition) is 1. The SMILES string of the molecule is CC[C@@H](C(=O)NC1CCCC1)N(Cc1ccc(Cl)cc1Cl)C(=O)CN(c1ccc(F)cc1)S(=O)(=O)c1ccccc1. The molecular formula is C30H32Cl2FN3O4S. The van der Waals surface area contributed by atoms with Crippen LogP contribution in [-0.2, 0) is 26.2 Å². The summed E-state index contributed by atoms with van der Waals surface area (Å²) in [5, 5.41) is 3.79. The Morgan fingerprint density at radius 2 is 1.66 bits per heavy atom. The van der Waals surface area contributed by atoms with Gasteiger partial charge in [-0.15, -0.1) is 0 Å². The molecule has 2 amide bonds. The summed E-state index contributed by atoms with van der Waals surface area (Å²) in [6.07, 6.45) is 4.07. The van der Waals surface area contributed by atoms with Gasteiger partial charge in [0.1, 0.15) is 18.4 Å². The molecule has 0 spiro atoms. The molecule has 218 valence electrons. The number of benzene rings is 3.